The lowest BCUT2D eigenvalue weighted by molar-refractivity contribution is 0.252. The van der Waals surface area contributed by atoms with Gasteiger partial charge >= 0.3 is 6.03 Å². The van der Waals surface area contributed by atoms with Gasteiger partial charge in [0.2, 0.25) is 0 Å². The zero-order valence-electron chi connectivity index (χ0n) is 11.5. The van der Waals surface area contributed by atoms with Gasteiger partial charge in [-0.2, -0.15) is 0 Å². The van der Waals surface area contributed by atoms with E-state index >= 15 is 0 Å². The van der Waals surface area contributed by atoms with Gasteiger partial charge in [0.25, 0.3) is 0 Å². The first-order valence-corrected chi connectivity index (χ1v) is 7.24. The Balaban J connectivity index is 1.68. The maximum Gasteiger partial charge on any atom is 0.321 e. The number of hydrogen-bond donors (Lipinski definition) is 2. The van der Waals surface area contributed by atoms with Crippen molar-refractivity contribution in [3.8, 4) is 0 Å². The molecule has 1 saturated heterocycles. The highest BCUT2D eigenvalue weighted by atomic mass is 35.5. The second-order valence-corrected chi connectivity index (χ2v) is 5.35. The summed E-state index contributed by atoms with van der Waals surface area (Å²) in [5.41, 5.74) is 3.05. The molecule has 2 aromatic carbocycles. The van der Waals surface area contributed by atoms with E-state index in [4.69, 9.17) is 11.6 Å². The van der Waals surface area contributed by atoms with E-state index in [0.717, 1.165) is 22.0 Å². The molecule has 0 bridgehead atoms. The molecule has 0 aliphatic carbocycles. The van der Waals surface area contributed by atoms with Crippen LogP contribution in [0.1, 0.15) is 5.56 Å². The molecule has 1 heterocycles. The Bertz CT molecular complexity index is 642. The predicted molar refractivity (Wildman–Crippen MR) is 86.0 cm³/mol. The highest BCUT2D eigenvalue weighted by molar-refractivity contribution is 6.30. The van der Waals surface area contributed by atoms with Crippen molar-refractivity contribution >= 4 is 29.0 Å². The second-order valence-electron chi connectivity index (χ2n) is 4.91. The van der Waals surface area contributed by atoms with Crippen molar-refractivity contribution in [1.82, 2.24) is 5.32 Å². The van der Waals surface area contributed by atoms with Crippen LogP contribution in [-0.2, 0) is 6.54 Å². The summed E-state index contributed by atoms with van der Waals surface area (Å²) in [5, 5.41) is 6.90. The van der Waals surface area contributed by atoms with Gasteiger partial charge in [-0.3, -0.25) is 4.90 Å². The average Bonchev–Trinajstić information content (AvgIpc) is 2.93. The lowest BCUT2D eigenvalue weighted by atomic mass is 10.2. The monoisotopic (exact) mass is 301 g/mol. The Morgan fingerprint density at radius 1 is 1.19 bits per heavy atom. The number of amides is 2. The van der Waals surface area contributed by atoms with Crippen LogP contribution in [0.4, 0.5) is 16.2 Å². The number of benzene rings is 2. The van der Waals surface area contributed by atoms with Gasteiger partial charge in [-0.25, -0.2) is 4.79 Å². The van der Waals surface area contributed by atoms with E-state index in [1.807, 2.05) is 48.5 Å². The Labute approximate surface area is 128 Å². The van der Waals surface area contributed by atoms with Crippen molar-refractivity contribution in [3.63, 3.8) is 0 Å². The van der Waals surface area contributed by atoms with Crippen molar-refractivity contribution in [2.45, 2.75) is 6.54 Å². The SMILES string of the molecule is O=C1NCCN1c1cccc(NCc2ccc(Cl)cc2)c1. The summed E-state index contributed by atoms with van der Waals surface area (Å²) in [7, 11) is 0. The number of nitrogens with zero attached hydrogens (tertiary/aromatic N) is 1. The van der Waals surface area contributed by atoms with E-state index in [1.165, 1.54) is 0 Å². The fraction of sp³-hybridized carbons (Fsp3) is 0.188. The van der Waals surface area contributed by atoms with Crippen LogP contribution >= 0.6 is 11.6 Å². The van der Waals surface area contributed by atoms with Crippen LogP contribution in [0.2, 0.25) is 5.02 Å². The zero-order chi connectivity index (χ0) is 14.7. The van der Waals surface area contributed by atoms with E-state index in [0.29, 0.717) is 19.6 Å². The van der Waals surface area contributed by atoms with Crippen molar-refractivity contribution in [3.05, 3.63) is 59.1 Å². The molecule has 0 unspecified atom stereocenters. The predicted octanol–water partition coefficient (Wildman–Crippen LogP) is 3.48. The van der Waals surface area contributed by atoms with Gasteiger partial charge in [-0.1, -0.05) is 29.8 Å². The first kappa shape index (κ1) is 13.8. The Hall–Kier alpha value is -2.20. The molecular formula is C16H16ClN3O. The summed E-state index contributed by atoms with van der Waals surface area (Å²) < 4.78 is 0. The first-order valence-electron chi connectivity index (χ1n) is 6.86. The van der Waals surface area contributed by atoms with E-state index in [1.54, 1.807) is 4.90 Å². The molecule has 4 nitrogen and oxygen atoms in total. The van der Waals surface area contributed by atoms with Gasteiger partial charge < -0.3 is 10.6 Å². The van der Waals surface area contributed by atoms with Crippen molar-refractivity contribution in [1.29, 1.82) is 0 Å². The average molecular weight is 302 g/mol. The molecule has 2 N–H and O–H groups in total. The van der Waals surface area contributed by atoms with Gasteiger partial charge in [0.15, 0.2) is 0 Å². The molecule has 0 atom stereocenters. The molecule has 1 aliphatic heterocycles. The topological polar surface area (TPSA) is 44.4 Å². The van der Waals surface area contributed by atoms with Crippen molar-refractivity contribution in [2.24, 2.45) is 0 Å². The fourth-order valence-electron chi connectivity index (χ4n) is 2.31. The molecule has 3 rings (SSSR count). The summed E-state index contributed by atoms with van der Waals surface area (Å²) in [6.07, 6.45) is 0. The molecular weight excluding hydrogens is 286 g/mol. The van der Waals surface area contributed by atoms with E-state index in [2.05, 4.69) is 10.6 Å². The fourth-order valence-corrected chi connectivity index (χ4v) is 2.43. The van der Waals surface area contributed by atoms with Crippen LogP contribution in [0, 0.1) is 0 Å². The number of hydrogen-bond acceptors (Lipinski definition) is 2. The molecule has 1 fully saturated rings. The van der Waals surface area contributed by atoms with Crippen LogP contribution in [0.15, 0.2) is 48.5 Å². The standard InChI is InChI=1S/C16H16ClN3O/c17-13-6-4-12(5-7-13)11-19-14-2-1-3-15(10-14)20-9-8-18-16(20)21/h1-7,10,19H,8-9,11H2,(H,18,21). The zero-order valence-corrected chi connectivity index (χ0v) is 12.2. The molecule has 108 valence electrons. The smallest absolute Gasteiger partial charge is 0.321 e. The summed E-state index contributed by atoms with van der Waals surface area (Å²) >= 11 is 5.87. The second kappa shape index (κ2) is 6.06. The van der Waals surface area contributed by atoms with Gasteiger partial charge in [-0.05, 0) is 35.9 Å². The van der Waals surface area contributed by atoms with Crippen LogP contribution in [-0.4, -0.2) is 19.1 Å². The Morgan fingerprint density at radius 3 is 2.71 bits per heavy atom. The highest BCUT2D eigenvalue weighted by Gasteiger charge is 2.20. The number of anilines is 2. The molecule has 21 heavy (non-hydrogen) atoms. The quantitative estimate of drug-likeness (QED) is 0.908. The summed E-state index contributed by atoms with van der Waals surface area (Å²) in [4.78, 5) is 13.4. The molecule has 5 heteroatoms. The first-order chi connectivity index (χ1) is 10.2. The summed E-state index contributed by atoms with van der Waals surface area (Å²) in [6.45, 7) is 2.12. The Kier molecular flexibility index (Phi) is 3.97. The number of rotatable bonds is 4. The molecule has 0 aromatic heterocycles. The number of urea groups is 1. The number of halogens is 1. The van der Waals surface area contributed by atoms with Crippen molar-refractivity contribution < 1.29 is 4.79 Å². The van der Waals surface area contributed by atoms with Gasteiger partial charge in [0, 0.05) is 36.0 Å². The molecule has 2 amide bonds. The van der Waals surface area contributed by atoms with Gasteiger partial charge in [0.05, 0.1) is 0 Å². The number of carbonyl (C=O) groups is 1. The molecule has 2 aromatic rings. The third kappa shape index (κ3) is 3.28. The lowest BCUT2D eigenvalue weighted by Gasteiger charge is -2.16. The highest BCUT2D eigenvalue weighted by Crippen LogP contribution is 2.21. The van der Waals surface area contributed by atoms with E-state index in [-0.39, 0.29) is 6.03 Å². The Morgan fingerprint density at radius 2 is 2.00 bits per heavy atom. The van der Waals surface area contributed by atoms with E-state index < -0.39 is 0 Å². The van der Waals surface area contributed by atoms with Gasteiger partial charge in [0.1, 0.15) is 0 Å². The van der Waals surface area contributed by atoms with Gasteiger partial charge in [-0.15, -0.1) is 0 Å². The van der Waals surface area contributed by atoms with Crippen molar-refractivity contribution in [2.75, 3.05) is 23.3 Å². The molecule has 0 spiro atoms. The molecule has 1 aliphatic rings. The minimum absolute atomic E-state index is 0.0372. The van der Waals surface area contributed by atoms with Crippen LogP contribution < -0.4 is 15.5 Å². The summed E-state index contributed by atoms with van der Waals surface area (Å²) in [6, 6.07) is 15.6. The maximum absolute atomic E-state index is 11.7. The van der Waals surface area contributed by atoms with Crippen LogP contribution in [0.25, 0.3) is 0 Å². The largest absolute Gasteiger partial charge is 0.381 e. The van der Waals surface area contributed by atoms with Crippen LogP contribution in [0.3, 0.4) is 0 Å². The number of nitrogens with one attached hydrogen (secondary N) is 2. The van der Waals surface area contributed by atoms with Crippen LogP contribution in [0.5, 0.6) is 0 Å². The lowest BCUT2D eigenvalue weighted by Crippen LogP contribution is -2.27. The van der Waals surface area contributed by atoms with E-state index in [9.17, 15) is 4.79 Å². The number of carbonyl (C=O) groups excluding carboxylic acids is 1. The third-order valence-corrected chi connectivity index (χ3v) is 3.68. The minimum Gasteiger partial charge on any atom is -0.381 e. The molecule has 0 radical (unpaired) electrons. The maximum atomic E-state index is 11.7. The minimum atomic E-state index is -0.0372. The third-order valence-electron chi connectivity index (χ3n) is 3.42. The summed E-state index contributed by atoms with van der Waals surface area (Å²) in [5.74, 6) is 0. The normalized spacial score (nSPS) is 14.1. The molecule has 0 saturated carbocycles.